The highest BCUT2D eigenvalue weighted by Crippen LogP contribution is 2.18. The summed E-state index contributed by atoms with van der Waals surface area (Å²) in [7, 11) is 0. The van der Waals surface area contributed by atoms with Crippen LogP contribution in [0, 0.1) is 5.82 Å². The van der Waals surface area contributed by atoms with Crippen molar-refractivity contribution in [3.05, 3.63) is 34.1 Å². The van der Waals surface area contributed by atoms with Gasteiger partial charge in [0, 0.05) is 12.1 Å². The molecular weight excluding hydrogens is 289 g/mol. The second-order valence-corrected chi connectivity index (χ2v) is 5.42. The van der Waals surface area contributed by atoms with Crippen LogP contribution in [-0.4, -0.2) is 11.7 Å². The summed E-state index contributed by atoms with van der Waals surface area (Å²) in [6.07, 6.45) is -0.558. The number of nitrogens with one attached hydrogen (secondary N) is 1. The van der Waals surface area contributed by atoms with Crippen molar-refractivity contribution < 1.29 is 13.9 Å². The van der Waals surface area contributed by atoms with Gasteiger partial charge < -0.3 is 10.1 Å². The Morgan fingerprint density at radius 1 is 1.47 bits per heavy atom. The lowest BCUT2D eigenvalue weighted by Crippen LogP contribution is -2.32. The smallest absolute Gasteiger partial charge is 0.407 e. The fourth-order valence-electron chi connectivity index (χ4n) is 1.17. The van der Waals surface area contributed by atoms with Gasteiger partial charge in [0.05, 0.1) is 4.47 Å². The number of amides is 1. The molecule has 0 unspecified atom stereocenters. The van der Waals surface area contributed by atoms with Gasteiger partial charge in [-0.05, 0) is 42.8 Å². The molecule has 0 saturated carbocycles. The Bertz CT molecular complexity index is 415. The average Bonchev–Trinajstić information content (AvgIpc) is 2.18. The molecular formula is C12H15BrFNO2. The topological polar surface area (TPSA) is 38.3 Å². The van der Waals surface area contributed by atoms with Gasteiger partial charge in [0.1, 0.15) is 11.4 Å². The van der Waals surface area contributed by atoms with Crippen molar-refractivity contribution in [2.24, 2.45) is 0 Å². The lowest BCUT2D eigenvalue weighted by atomic mass is 10.2. The van der Waals surface area contributed by atoms with E-state index in [0.717, 1.165) is 0 Å². The summed E-state index contributed by atoms with van der Waals surface area (Å²) in [5.41, 5.74) is -0.148. The predicted molar refractivity (Wildman–Crippen MR) is 67.2 cm³/mol. The number of halogens is 2. The van der Waals surface area contributed by atoms with E-state index in [2.05, 4.69) is 21.2 Å². The van der Waals surface area contributed by atoms with E-state index >= 15 is 0 Å². The molecule has 1 N–H and O–H groups in total. The van der Waals surface area contributed by atoms with Crippen LogP contribution in [0.1, 0.15) is 26.3 Å². The molecule has 1 aromatic carbocycles. The van der Waals surface area contributed by atoms with E-state index < -0.39 is 11.7 Å². The van der Waals surface area contributed by atoms with Gasteiger partial charge in [-0.1, -0.05) is 12.1 Å². The Labute approximate surface area is 108 Å². The monoisotopic (exact) mass is 303 g/mol. The fraction of sp³-hybridized carbons (Fsp3) is 0.417. The maximum atomic E-state index is 13.6. The van der Waals surface area contributed by atoms with Crippen LogP contribution < -0.4 is 5.32 Å². The summed E-state index contributed by atoms with van der Waals surface area (Å²) >= 11 is 3.08. The molecule has 0 aliphatic carbocycles. The van der Waals surface area contributed by atoms with Gasteiger partial charge in [-0.2, -0.15) is 0 Å². The van der Waals surface area contributed by atoms with Gasteiger partial charge >= 0.3 is 6.09 Å². The highest BCUT2D eigenvalue weighted by Gasteiger charge is 2.16. The van der Waals surface area contributed by atoms with Gasteiger partial charge in [0.25, 0.3) is 0 Å². The molecule has 1 rings (SSSR count). The molecule has 0 radical (unpaired) electrons. The first-order chi connectivity index (χ1) is 7.79. The van der Waals surface area contributed by atoms with Crippen molar-refractivity contribution in [3.63, 3.8) is 0 Å². The van der Waals surface area contributed by atoms with E-state index in [1.54, 1.807) is 39.0 Å². The molecule has 5 heteroatoms. The zero-order valence-electron chi connectivity index (χ0n) is 10.0. The van der Waals surface area contributed by atoms with E-state index in [0.29, 0.717) is 10.0 Å². The zero-order valence-corrected chi connectivity index (χ0v) is 11.6. The quantitative estimate of drug-likeness (QED) is 0.906. The van der Waals surface area contributed by atoms with Crippen LogP contribution in [0.4, 0.5) is 9.18 Å². The molecule has 0 heterocycles. The van der Waals surface area contributed by atoms with Crippen LogP contribution in [0.5, 0.6) is 0 Å². The van der Waals surface area contributed by atoms with Crippen LogP contribution in [0.15, 0.2) is 22.7 Å². The number of hydrogen-bond acceptors (Lipinski definition) is 2. The Morgan fingerprint density at radius 2 is 2.12 bits per heavy atom. The fourth-order valence-corrected chi connectivity index (χ4v) is 1.57. The number of carbonyl (C=O) groups excluding carboxylic acids is 1. The van der Waals surface area contributed by atoms with Crippen LogP contribution >= 0.6 is 15.9 Å². The van der Waals surface area contributed by atoms with Crippen molar-refractivity contribution in [2.45, 2.75) is 32.9 Å². The Kier molecular flexibility index (Phi) is 4.51. The summed E-state index contributed by atoms with van der Waals surface area (Å²) in [6, 6.07) is 4.92. The third kappa shape index (κ3) is 4.73. The summed E-state index contributed by atoms with van der Waals surface area (Å²) in [6.45, 7) is 5.41. The van der Waals surface area contributed by atoms with Gasteiger partial charge in [0.2, 0.25) is 0 Å². The summed E-state index contributed by atoms with van der Waals surface area (Å²) in [5, 5.41) is 2.50. The largest absolute Gasteiger partial charge is 0.444 e. The molecule has 0 aliphatic heterocycles. The molecule has 17 heavy (non-hydrogen) atoms. The second-order valence-electron chi connectivity index (χ2n) is 4.57. The molecule has 0 aliphatic rings. The first-order valence-electron chi connectivity index (χ1n) is 5.19. The molecule has 94 valence electrons. The maximum absolute atomic E-state index is 13.6. The van der Waals surface area contributed by atoms with Crippen LogP contribution in [0.3, 0.4) is 0 Å². The number of rotatable bonds is 2. The van der Waals surface area contributed by atoms with E-state index in [-0.39, 0.29) is 12.4 Å². The summed E-state index contributed by atoms with van der Waals surface area (Å²) in [4.78, 5) is 11.4. The lowest BCUT2D eigenvalue weighted by molar-refractivity contribution is 0.0523. The van der Waals surface area contributed by atoms with E-state index in [4.69, 9.17) is 4.74 Å². The molecule has 0 saturated heterocycles. The van der Waals surface area contributed by atoms with Gasteiger partial charge in [-0.15, -0.1) is 0 Å². The third-order valence-electron chi connectivity index (χ3n) is 1.85. The van der Waals surface area contributed by atoms with E-state index in [1.807, 2.05) is 0 Å². The van der Waals surface area contributed by atoms with Crippen LogP contribution in [0.2, 0.25) is 0 Å². The highest BCUT2D eigenvalue weighted by molar-refractivity contribution is 9.10. The SMILES string of the molecule is CC(C)(C)OC(=O)NCc1cccc(Br)c1F. The lowest BCUT2D eigenvalue weighted by Gasteiger charge is -2.19. The maximum Gasteiger partial charge on any atom is 0.407 e. The van der Waals surface area contributed by atoms with Crippen molar-refractivity contribution >= 4 is 22.0 Å². The molecule has 0 fully saturated rings. The van der Waals surface area contributed by atoms with Crippen molar-refractivity contribution in [1.82, 2.24) is 5.32 Å². The minimum absolute atomic E-state index is 0.0974. The molecule has 1 amide bonds. The number of hydrogen-bond donors (Lipinski definition) is 1. The minimum atomic E-state index is -0.558. The van der Waals surface area contributed by atoms with Gasteiger partial charge in [-0.25, -0.2) is 9.18 Å². The summed E-state index contributed by atoms with van der Waals surface area (Å²) < 4.78 is 19.0. The third-order valence-corrected chi connectivity index (χ3v) is 2.47. The van der Waals surface area contributed by atoms with Crippen LogP contribution in [-0.2, 0) is 11.3 Å². The molecule has 3 nitrogen and oxygen atoms in total. The van der Waals surface area contributed by atoms with Crippen molar-refractivity contribution in [1.29, 1.82) is 0 Å². The first kappa shape index (κ1) is 14.0. The standard InChI is InChI=1S/C12H15BrFNO2/c1-12(2,3)17-11(16)15-7-8-5-4-6-9(13)10(8)14/h4-6H,7H2,1-3H3,(H,15,16). The Balaban J connectivity index is 2.56. The predicted octanol–water partition coefficient (Wildman–Crippen LogP) is 3.61. The molecule has 0 aromatic heterocycles. The Morgan fingerprint density at radius 3 is 2.71 bits per heavy atom. The van der Waals surface area contributed by atoms with E-state index in [1.165, 1.54) is 0 Å². The number of carbonyl (C=O) groups is 1. The van der Waals surface area contributed by atoms with E-state index in [9.17, 15) is 9.18 Å². The number of benzene rings is 1. The number of alkyl carbamates (subject to hydrolysis) is 1. The van der Waals surface area contributed by atoms with Gasteiger partial charge in [0.15, 0.2) is 0 Å². The second kappa shape index (κ2) is 5.49. The molecule has 1 aromatic rings. The van der Waals surface area contributed by atoms with Crippen LogP contribution in [0.25, 0.3) is 0 Å². The minimum Gasteiger partial charge on any atom is -0.444 e. The van der Waals surface area contributed by atoms with Crippen molar-refractivity contribution in [2.75, 3.05) is 0 Å². The summed E-state index contributed by atoms with van der Waals surface area (Å²) in [5.74, 6) is -0.372. The molecule has 0 spiro atoms. The van der Waals surface area contributed by atoms with Gasteiger partial charge in [-0.3, -0.25) is 0 Å². The average molecular weight is 304 g/mol. The number of ether oxygens (including phenoxy) is 1. The zero-order chi connectivity index (χ0) is 13.1. The molecule has 0 atom stereocenters. The molecule has 0 bridgehead atoms. The highest BCUT2D eigenvalue weighted by atomic mass is 79.9. The Hall–Kier alpha value is -1.10. The normalized spacial score (nSPS) is 11.1. The van der Waals surface area contributed by atoms with Crippen molar-refractivity contribution in [3.8, 4) is 0 Å². The first-order valence-corrected chi connectivity index (χ1v) is 5.98.